The molecule has 0 saturated carbocycles. The van der Waals surface area contributed by atoms with Crippen molar-refractivity contribution in [3.63, 3.8) is 0 Å². The molecule has 0 aliphatic heterocycles. The summed E-state index contributed by atoms with van der Waals surface area (Å²) in [7, 11) is 9.88. The number of amides is 2. The van der Waals surface area contributed by atoms with E-state index in [2.05, 4.69) is 0 Å². The van der Waals surface area contributed by atoms with Crippen molar-refractivity contribution in [2.45, 2.75) is 13.3 Å². The summed E-state index contributed by atoms with van der Waals surface area (Å²) < 4.78 is 11.7. The molecule has 0 saturated heterocycles. The second kappa shape index (κ2) is 7.53. The average Bonchev–Trinajstić information content (AvgIpc) is 2.99. The number of methoxy groups -OCH3 is 2. The van der Waals surface area contributed by atoms with E-state index in [-0.39, 0.29) is 11.8 Å². The maximum Gasteiger partial charge on any atom is 0.237 e. The number of thiophene rings is 1. The summed E-state index contributed by atoms with van der Waals surface area (Å²) in [4.78, 5) is 29.5. The number of carbonyl (C=O) groups excluding carboxylic acids is 2. The lowest BCUT2D eigenvalue weighted by Crippen LogP contribution is -2.50. The summed E-state index contributed by atoms with van der Waals surface area (Å²) in [5, 5.41) is 1.000. The molecule has 2 rings (SSSR count). The molecular weight excluding hydrogens is 352 g/mol. The number of rotatable bonds is 6. The molecule has 1 heterocycles. The van der Waals surface area contributed by atoms with Crippen LogP contribution in [0.4, 0.5) is 0 Å². The number of hydrogen-bond acceptors (Lipinski definition) is 5. The van der Waals surface area contributed by atoms with Crippen molar-refractivity contribution in [3.05, 3.63) is 23.1 Å². The molecule has 0 aliphatic carbocycles. The van der Waals surface area contributed by atoms with Gasteiger partial charge < -0.3 is 19.3 Å². The lowest BCUT2D eigenvalue weighted by molar-refractivity contribution is -0.152. The smallest absolute Gasteiger partial charge is 0.237 e. The Balaban J connectivity index is 2.48. The number of fused-ring (bicyclic) bond motifs is 1. The zero-order valence-corrected chi connectivity index (χ0v) is 17.2. The summed E-state index contributed by atoms with van der Waals surface area (Å²) in [6.45, 7) is 1.71. The Morgan fingerprint density at radius 2 is 1.46 bits per heavy atom. The lowest BCUT2D eigenvalue weighted by Gasteiger charge is -2.31. The van der Waals surface area contributed by atoms with Gasteiger partial charge >= 0.3 is 0 Å². The Morgan fingerprint density at radius 1 is 0.962 bits per heavy atom. The van der Waals surface area contributed by atoms with Gasteiger partial charge in [-0.05, 0) is 24.4 Å². The minimum absolute atomic E-state index is 0.205. The van der Waals surface area contributed by atoms with Gasteiger partial charge in [-0.3, -0.25) is 9.59 Å². The van der Waals surface area contributed by atoms with Gasteiger partial charge in [0.2, 0.25) is 11.8 Å². The van der Waals surface area contributed by atoms with Gasteiger partial charge in [0, 0.05) is 50.3 Å². The fourth-order valence-corrected chi connectivity index (χ4v) is 4.32. The number of ether oxygens (including phenoxy) is 2. The zero-order valence-electron chi connectivity index (χ0n) is 16.4. The van der Waals surface area contributed by atoms with E-state index in [1.165, 1.54) is 9.80 Å². The first-order chi connectivity index (χ1) is 12.1. The second-order valence-electron chi connectivity index (χ2n) is 6.87. The van der Waals surface area contributed by atoms with E-state index in [4.69, 9.17) is 9.47 Å². The molecule has 2 aromatic rings. The van der Waals surface area contributed by atoms with E-state index < -0.39 is 5.41 Å². The fraction of sp³-hybridized carbons (Fsp3) is 0.474. The number of hydrogen-bond donors (Lipinski definition) is 0. The van der Waals surface area contributed by atoms with Gasteiger partial charge in [-0.2, -0.15) is 0 Å². The van der Waals surface area contributed by atoms with Gasteiger partial charge in [-0.15, -0.1) is 11.3 Å². The first-order valence-electron chi connectivity index (χ1n) is 8.22. The number of nitrogens with zero attached hydrogens (tertiary/aromatic N) is 2. The summed E-state index contributed by atoms with van der Waals surface area (Å²) >= 11 is 1.55. The van der Waals surface area contributed by atoms with Crippen LogP contribution in [0.1, 0.15) is 11.8 Å². The van der Waals surface area contributed by atoms with E-state index in [9.17, 15) is 9.59 Å². The van der Waals surface area contributed by atoms with Crippen LogP contribution in [0.15, 0.2) is 18.2 Å². The number of benzene rings is 1. The Morgan fingerprint density at radius 3 is 1.92 bits per heavy atom. The highest BCUT2D eigenvalue weighted by Gasteiger charge is 2.43. The SMILES string of the molecule is COc1cc2cc(CC(C)(C(=O)N(C)C)C(=O)N(C)C)sc2cc1OC. The Hall–Kier alpha value is -2.28. The zero-order chi connectivity index (χ0) is 19.6. The molecular formula is C19H26N2O4S. The van der Waals surface area contributed by atoms with Gasteiger partial charge in [0.15, 0.2) is 11.5 Å². The van der Waals surface area contributed by atoms with Crippen LogP contribution in [0.2, 0.25) is 0 Å². The molecule has 1 aromatic heterocycles. The monoisotopic (exact) mass is 378 g/mol. The molecule has 0 spiro atoms. The van der Waals surface area contributed by atoms with Crippen LogP contribution in [0.5, 0.6) is 11.5 Å². The van der Waals surface area contributed by atoms with E-state index in [1.54, 1.807) is 60.7 Å². The normalized spacial score (nSPS) is 11.3. The summed E-state index contributed by atoms with van der Waals surface area (Å²) in [5.74, 6) is 0.901. The Kier molecular flexibility index (Phi) is 5.81. The minimum Gasteiger partial charge on any atom is -0.493 e. The predicted molar refractivity (Wildman–Crippen MR) is 104 cm³/mol. The van der Waals surface area contributed by atoms with Gasteiger partial charge in [-0.1, -0.05) is 0 Å². The van der Waals surface area contributed by atoms with E-state index in [0.29, 0.717) is 17.9 Å². The molecule has 1 aromatic carbocycles. The number of carbonyl (C=O) groups is 2. The van der Waals surface area contributed by atoms with Crippen LogP contribution in [-0.2, 0) is 16.0 Å². The quantitative estimate of drug-likeness (QED) is 0.725. The fourth-order valence-electron chi connectivity index (χ4n) is 3.09. The molecule has 0 N–H and O–H groups in total. The maximum atomic E-state index is 12.8. The highest BCUT2D eigenvalue weighted by molar-refractivity contribution is 7.19. The molecule has 7 heteroatoms. The van der Waals surface area contributed by atoms with E-state index in [0.717, 1.165) is 15.0 Å². The highest BCUT2D eigenvalue weighted by Crippen LogP contribution is 2.38. The third-order valence-electron chi connectivity index (χ3n) is 4.36. The van der Waals surface area contributed by atoms with Crippen molar-refractivity contribution in [2.24, 2.45) is 5.41 Å². The average molecular weight is 378 g/mol. The van der Waals surface area contributed by atoms with Crippen molar-refractivity contribution < 1.29 is 19.1 Å². The molecule has 26 heavy (non-hydrogen) atoms. The molecule has 0 fully saturated rings. The van der Waals surface area contributed by atoms with Gasteiger partial charge in [-0.25, -0.2) is 0 Å². The van der Waals surface area contributed by atoms with Crippen molar-refractivity contribution in [1.82, 2.24) is 9.80 Å². The molecule has 0 bridgehead atoms. The standard InChI is InChI=1S/C19H26N2O4S/c1-19(17(22)20(2)3,18(23)21(4)5)11-13-8-12-9-14(24-6)15(25-7)10-16(12)26-13/h8-10H,11H2,1-7H3. The van der Waals surface area contributed by atoms with E-state index in [1.807, 2.05) is 18.2 Å². The van der Waals surface area contributed by atoms with Crippen molar-refractivity contribution in [1.29, 1.82) is 0 Å². The van der Waals surface area contributed by atoms with Crippen molar-refractivity contribution in [2.75, 3.05) is 42.4 Å². The Bertz CT molecular complexity index is 765. The molecule has 6 nitrogen and oxygen atoms in total. The summed E-state index contributed by atoms with van der Waals surface area (Å²) in [6, 6.07) is 5.83. The molecule has 0 unspecified atom stereocenters. The van der Waals surface area contributed by atoms with Crippen molar-refractivity contribution in [3.8, 4) is 11.5 Å². The van der Waals surface area contributed by atoms with Crippen LogP contribution in [0.3, 0.4) is 0 Å². The maximum absolute atomic E-state index is 12.8. The largest absolute Gasteiger partial charge is 0.493 e. The predicted octanol–water partition coefficient (Wildman–Crippen LogP) is 2.64. The third kappa shape index (κ3) is 3.62. The summed E-state index contributed by atoms with van der Waals surface area (Å²) in [5.41, 5.74) is -1.15. The molecule has 142 valence electrons. The van der Waals surface area contributed by atoms with Crippen LogP contribution in [-0.4, -0.2) is 64.0 Å². The Labute approximate surface area is 158 Å². The van der Waals surface area contributed by atoms with Crippen molar-refractivity contribution >= 4 is 33.2 Å². The molecule has 2 amide bonds. The molecule has 0 radical (unpaired) electrons. The van der Waals surface area contributed by atoms with Crippen LogP contribution >= 0.6 is 11.3 Å². The first-order valence-corrected chi connectivity index (χ1v) is 9.03. The second-order valence-corrected chi connectivity index (χ2v) is 8.03. The third-order valence-corrected chi connectivity index (χ3v) is 5.46. The molecule has 0 atom stereocenters. The minimum atomic E-state index is -1.15. The topological polar surface area (TPSA) is 59.1 Å². The van der Waals surface area contributed by atoms with Gasteiger partial charge in [0.25, 0.3) is 0 Å². The van der Waals surface area contributed by atoms with Gasteiger partial charge in [0.05, 0.1) is 14.2 Å². The summed E-state index contributed by atoms with van der Waals surface area (Å²) in [6.07, 6.45) is 0.338. The van der Waals surface area contributed by atoms with Gasteiger partial charge in [0.1, 0.15) is 5.41 Å². The van der Waals surface area contributed by atoms with Crippen LogP contribution < -0.4 is 9.47 Å². The first kappa shape index (κ1) is 20.0. The molecule has 0 aliphatic rings. The highest BCUT2D eigenvalue weighted by atomic mass is 32.1. The van der Waals surface area contributed by atoms with Crippen LogP contribution in [0.25, 0.3) is 10.1 Å². The van der Waals surface area contributed by atoms with Crippen LogP contribution in [0, 0.1) is 5.41 Å². The lowest BCUT2D eigenvalue weighted by atomic mass is 9.83. The van der Waals surface area contributed by atoms with E-state index >= 15 is 0 Å².